The van der Waals surface area contributed by atoms with Crippen LogP contribution in [-0.4, -0.2) is 50.3 Å². The lowest BCUT2D eigenvalue weighted by Gasteiger charge is -2.39. The Bertz CT molecular complexity index is 1450. The molecular weight excluding hydrogens is 474 g/mol. The molecule has 1 aliphatic carbocycles. The van der Waals surface area contributed by atoms with E-state index in [2.05, 4.69) is 68.1 Å². The molecule has 3 aliphatic rings. The van der Waals surface area contributed by atoms with Crippen molar-refractivity contribution in [2.75, 3.05) is 25.4 Å². The van der Waals surface area contributed by atoms with E-state index in [9.17, 15) is 5.11 Å². The number of benzene rings is 2. The van der Waals surface area contributed by atoms with Crippen LogP contribution < -0.4 is 10.5 Å². The van der Waals surface area contributed by atoms with Crippen molar-refractivity contribution in [1.82, 2.24) is 19.4 Å². The zero-order valence-corrected chi connectivity index (χ0v) is 21.7. The highest BCUT2D eigenvalue weighted by Gasteiger charge is 2.36. The number of rotatable bonds is 6. The van der Waals surface area contributed by atoms with E-state index in [1.54, 1.807) is 6.33 Å². The molecule has 2 atom stereocenters. The number of aliphatic hydroxyl groups is 1. The topological polar surface area (TPSA) is 89.4 Å². The van der Waals surface area contributed by atoms with Crippen LogP contribution in [0.15, 0.2) is 61.1 Å². The second-order valence-electron chi connectivity index (χ2n) is 11.3. The quantitative estimate of drug-likeness (QED) is 0.373. The molecule has 1 saturated carbocycles. The molecule has 1 saturated heterocycles. The normalized spacial score (nSPS) is 25.2. The van der Waals surface area contributed by atoms with Crippen molar-refractivity contribution >= 4 is 16.9 Å². The number of ether oxygens (including phenoxy) is 1. The predicted octanol–water partition coefficient (Wildman–Crippen LogP) is 5.15. The molecule has 0 radical (unpaired) electrons. The van der Waals surface area contributed by atoms with E-state index in [4.69, 9.17) is 10.5 Å². The van der Waals surface area contributed by atoms with Gasteiger partial charge in [-0.15, -0.1) is 0 Å². The van der Waals surface area contributed by atoms with E-state index in [1.807, 2.05) is 6.07 Å². The van der Waals surface area contributed by atoms with Crippen molar-refractivity contribution in [2.24, 2.45) is 5.92 Å². The summed E-state index contributed by atoms with van der Waals surface area (Å²) in [5.41, 5.74) is 12.0. The van der Waals surface area contributed by atoms with Crippen molar-refractivity contribution in [1.29, 1.82) is 0 Å². The van der Waals surface area contributed by atoms with Gasteiger partial charge in [0.05, 0.1) is 12.0 Å². The molecule has 2 aromatic carbocycles. The third kappa shape index (κ3) is 4.14. The van der Waals surface area contributed by atoms with Gasteiger partial charge in [-0.05, 0) is 73.7 Å². The number of anilines is 1. The summed E-state index contributed by atoms with van der Waals surface area (Å²) in [6.07, 6.45) is 10.4. The molecule has 7 nitrogen and oxygen atoms in total. The zero-order valence-electron chi connectivity index (χ0n) is 21.7. The molecule has 2 fully saturated rings. The number of aromatic nitrogens is 3. The molecule has 7 rings (SSSR count). The molecule has 0 bridgehead atoms. The number of aliphatic hydroxyl groups excluding tert-OH is 1. The molecule has 0 amide bonds. The highest BCUT2D eigenvalue weighted by atomic mass is 16.5. The number of nitrogens with zero attached hydrogens (tertiary/aromatic N) is 4. The summed E-state index contributed by atoms with van der Waals surface area (Å²) in [4.78, 5) is 11.5. The maximum absolute atomic E-state index is 9.69. The number of nitrogens with two attached hydrogens (primary N) is 1. The number of nitrogen functional groups attached to an aromatic ring is 1. The summed E-state index contributed by atoms with van der Waals surface area (Å²) in [6.45, 7) is 2.46. The van der Waals surface area contributed by atoms with Crippen LogP contribution >= 0.6 is 0 Å². The van der Waals surface area contributed by atoms with Gasteiger partial charge >= 0.3 is 0 Å². The van der Waals surface area contributed by atoms with Gasteiger partial charge in [0.1, 0.15) is 29.6 Å². The molecule has 0 unspecified atom stereocenters. The molecule has 3 N–H and O–H groups in total. The summed E-state index contributed by atoms with van der Waals surface area (Å²) in [7, 11) is 0. The first-order valence-corrected chi connectivity index (χ1v) is 14.0. The summed E-state index contributed by atoms with van der Waals surface area (Å²) < 4.78 is 8.83. The van der Waals surface area contributed by atoms with E-state index in [1.165, 1.54) is 17.5 Å². The predicted molar refractivity (Wildman–Crippen MR) is 149 cm³/mol. The van der Waals surface area contributed by atoms with Gasteiger partial charge in [0, 0.05) is 30.4 Å². The fraction of sp³-hybridized carbons (Fsp3) is 0.419. The molecule has 38 heavy (non-hydrogen) atoms. The van der Waals surface area contributed by atoms with Crippen molar-refractivity contribution < 1.29 is 9.84 Å². The minimum Gasteiger partial charge on any atom is -0.485 e. The van der Waals surface area contributed by atoms with Gasteiger partial charge in [-0.3, -0.25) is 4.90 Å². The largest absolute Gasteiger partial charge is 0.485 e. The Balaban J connectivity index is 1.16. The maximum atomic E-state index is 9.69. The van der Waals surface area contributed by atoms with E-state index >= 15 is 0 Å². The highest BCUT2D eigenvalue weighted by molar-refractivity contribution is 6.00. The van der Waals surface area contributed by atoms with Gasteiger partial charge in [-0.1, -0.05) is 42.5 Å². The van der Waals surface area contributed by atoms with Gasteiger partial charge in [0.15, 0.2) is 0 Å². The van der Waals surface area contributed by atoms with Crippen LogP contribution in [-0.2, 0) is 6.42 Å². The lowest BCUT2D eigenvalue weighted by Crippen LogP contribution is -2.40. The molecular formula is C31H35N5O2. The van der Waals surface area contributed by atoms with Crippen molar-refractivity contribution in [3.63, 3.8) is 0 Å². The average Bonchev–Trinajstić information content (AvgIpc) is 3.55. The Kier molecular flexibility index (Phi) is 6.05. The van der Waals surface area contributed by atoms with Crippen molar-refractivity contribution in [3.05, 3.63) is 72.2 Å². The Morgan fingerprint density at radius 3 is 2.76 bits per heavy atom. The van der Waals surface area contributed by atoms with Gasteiger partial charge in [-0.2, -0.15) is 0 Å². The maximum Gasteiger partial charge on any atom is 0.146 e. The zero-order chi connectivity index (χ0) is 25.6. The molecule has 2 aromatic heterocycles. The van der Waals surface area contributed by atoms with Crippen LogP contribution in [0.5, 0.6) is 5.75 Å². The third-order valence-corrected chi connectivity index (χ3v) is 8.94. The Hall–Kier alpha value is -3.42. The van der Waals surface area contributed by atoms with Crippen molar-refractivity contribution in [3.8, 4) is 16.9 Å². The lowest BCUT2D eigenvalue weighted by atomic mass is 9.79. The first-order valence-electron chi connectivity index (χ1n) is 14.0. The van der Waals surface area contributed by atoms with E-state index in [-0.39, 0.29) is 12.7 Å². The standard InChI is InChI=1S/C31H35N5O2/c32-30-29-26(23-9-8-22-10-11-27(38-28(22)15-23)21-5-2-1-3-6-21)17-36(31(29)34-19-33-30)25-13-20(14-25)16-35-12-4-7-24(35)18-37/h1-3,5-6,8-9,15,17,19-20,24-25,27,37H,4,7,10-14,16,18H2,(H2,32,33,34)/t20-,24-,25+,27+/m0/s1. The third-order valence-electron chi connectivity index (χ3n) is 8.94. The molecule has 4 aromatic rings. The fourth-order valence-electron chi connectivity index (χ4n) is 6.80. The van der Waals surface area contributed by atoms with Gasteiger partial charge in [-0.25, -0.2) is 9.97 Å². The van der Waals surface area contributed by atoms with Crippen LogP contribution in [0.25, 0.3) is 22.2 Å². The molecule has 7 heteroatoms. The smallest absolute Gasteiger partial charge is 0.146 e. The van der Waals surface area contributed by atoms with Crippen LogP contribution in [0.3, 0.4) is 0 Å². The monoisotopic (exact) mass is 509 g/mol. The van der Waals surface area contributed by atoms with Crippen LogP contribution in [0, 0.1) is 5.92 Å². The number of hydrogen-bond acceptors (Lipinski definition) is 6. The number of fused-ring (bicyclic) bond motifs is 2. The summed E-state index contributed by atoms with van der Waals surface area (Å²) in [6, 6.07) is 17.8. The van der Waals surface area contributed by atoms with Gasteiger partial charge in [0.25, 0.3) is 0 Å². The average molecular weight is 510 g/mol. The second kappa shape index (κ2) is 9.71. The Labute approximate surface area is 223 Å². The minimum atomic E-state index is 0.0710. The van der Waals surface area contributed by atoms with Crippen LogP contribution in [0.4, 0.5) is 5.82 Å². The van der Waals surface area contributed by atoms with Crippen LogP contribution in [0.2, 0.25) is 0 Å². The first-order chi connectivity index (χ1) is 18.7. The minimum absolute atomic E-state index is 0.0710. The Morgan fingerprint density at radius 1 is 1.05 bits per heavy atom. The van der Waals surface area contributed by atoms with E-state index in [0.29, 0.717) is 23.8 Å². The lowest BCUT2D eigenvalue weighted by molar-refractivity contribution is 0.0970. The highest BCUT2D eigenvalue weighted by Crippen LogP contribution is 2.45. The first kappa shape index (κ1) is 23.7. The molecule has 4 heterocycles. The molecule has 196 valence electrons. The van der Waals surface area contributed by atoms with Gasteiger partial charge < -0.3 is 20.1 Å². The van der Waals surface area contributed by atoms with E-state index < -0.39 is 0 Å². The fourth-order valence-corrected chi connectivity index (χ4v) is 6.80. The number of likely N-dealkylation sites (tertiary alicyclic amines) is 1. The summed E-state index contributed by atoms with van der Waals surface area (Å²) >= 11 is 0. The van der Waals surface area contributed by atoms with Crippen LogP contribution in [0.1, 0.15) is 55.4 Å². The Morgan fingerprint density at radius 2 is 1.92 bits per heavy atom. The van der Waals surface area contributed by atoms with E-state index in [0.717, 1.165) is 73.1 Å². The summed E-state index contributed by atoms with van der Waals surface area (Å²) in [5, 5.41) is 10.6. The van der Waals surface area contributed by atoms with Crippen molar-refractivity contribution in [2.45, 2.75) is 56.7 Å². The number of aryl methyl sites for hydroxylation is 1. The van der Waals surface area contributed by atoms with Gasteiger partial charge in [0.2, 0.25) is 0 Å². The second-order valence-corrected chi connectivity index (χ2v) is 11.3. The SMILES string of the molecule is Nc1ncnc2c1c(-c1ccc3c(c1)O[C@@H](c1ccccc1)CC3)cn2[C@H]1C[C@@H](CN2CCC[C@H]2CO)C1. The number of hydrogen-bond donors (Lipinski definition) is 2. The molecule has 0 spiro atoms. The summed E-state index contributed by atoms with van der Waals surface area (Å²) in [5.74, 6) is 2.12. The molecule has 2 aliphatic heterocycles.